The lowest BCUT2D eigenvalue weighted by Crippen LogP contribution is -2.15. The number of nitrogens with one attached hydrogen (secondary N) is 2. The van der Waals surface area contributed by atoms with Gasteiger partial charge in [-0.1, -0.05) is 24.3 Å². The minimum atomic E-state index is -4.06. The predicted molar refractivity (Wildman–Crippen MR) is 127 cm³/mol. The molecular weight excluding hydrogens is 458 g/mol. The molecule has 3 aromatic carbocycles. The van der Waals surface area contributed by atoms with Gasteiger partial charge in [0.2, 0.25) is 0 Å². The average Bonchev–Trinajstić information content (AvgIpc) is 3.28. The van der Waals surface area contributed by atoms with Gasteiger partial charge in [0.25, 0.3) is 21.6 Å². The largest absolute Gasteiger partial charge is 0.305 e. The Bertz CT molecular complexity index is 1470. The number of anilines is 2. The molecule has 11 heteroatoms. The zero-order valence-electron chi connectivity index (χ0n) is 17.9. The number of benzene rings is 3. The minimum Gasteiger partial charge on any atom is -0.305 e. The van der Waals surface area contributed by atoms with Crippen LogP contribution in [0.2, 0.25) is 0 Å². The number of carbonyl (C=O) groups is 1. The molecule has 0 bridgehead atoms. The number of nitro benzene ring substituents is 1. The molecule has 0 atom stereocenters. The van der Waals surface area contributed by atoms with E-state index in [1.807, 2.05) is 30.3 Å². The zero-order valence-corrected chi connectivity index (χ0v) is 18.7. The fraction of sp³-hybridized carbons (Fsp3) is 0.0435. The molecule has 1 aromatic heterocycles. The molecule has 0 aliphatic carbocycles. The smallest absolute Gasteiger partial charge is 0.273 e. The van der Waals surface area contributed by atoms with Crippen molar-refractivity contribution in [1.82, 2.24) is 9.78 Å². The molecule has 34 heavy (non-hydrogen) atoms. The summed E-state index contributed by atoms with van der Waals surface area (Å²) in [5.41, 5.74) is 1.41. The number of amides is 1. The van der Waals surface area contributed by atoms with Crippen molar-refractivity contribution in [2.24, 2.45) is 0 Å². The number of nitrogens with zero attached hydrogens (tertiary/aromatic N) is 3. The molecule has 0 fully saturated rings. The Morgan fingerprint density at radius 3 is 2.38 bits per heavy atom. The van der Waals surface area contributed by atoms with Gasteiger partial charge >= 0.3 is 0 Å². The number of sulfonamides is 1. The van der Waals surface area contributed by atoms with Crippen LogP contribution in [0.15, 0.2) is 90.0 Å². The molecule has 0 spiro atoms. The summed E-state index contributed by atoms with van der Waals surface area (Å²) in [4.78, 5) is 22.8. The molecule has 0 radical (unpaired) electrons. The Balaban J connectivity index is 1.45. The van der Waals surface area contributed by atoms with Crippen molar-refractivity contribution in [3.63, 3.8) is 0 Å². The van der Waals surface area contributed by atoms with Gasteiger partial charge in [-0.3, -0.25) is 19.6 Å². The molecule has 0 unspecified atom stereocenters. The SMILES string of the molecule is Cc1ccc(S(=O)(=O)Nc2ccc(C(=O)Nc3ccn(-c4ccccc4)n3)cc2)cc1[N+](=O)[O-]. The maximum atomic E-state index is 12.6. The fourth-order valence-electron chi connectivity index (χ4n) is 3.16. The molecule has 1 amide bonds. The van der Waals surface area contributed by atoms with E-state index >= 15 is 0 Å². The number of hydrogen-bond donors (Lipinski definition) is 2. The highest BCUT2D eigenvalue weighted by molar-refractivity contribution is 7.92. The van der Waals surface area contributed by atoms with Gasteiger partial charge in [0.1, 0.15) is 0 Å². The number of hydrogen-bond acceptors (Lipinski definition) is 6. The van der Waals surface area contributed by atoms with Crippen LogP contribution in [0.4, 0.5) is 17.2 Å². The van der Waals surface area contributed by atoms with E-state index in [9.17, 15) is 23.3 Å². The first-order valence-corrected chi connectivity index (χ1v) is 11.5. The van der Waals surface area contributed by atoms with Gasteiger partial charge in [-0.25, -0.2) is 13.1 Å². The lowest BCUT2D eigenvalue weighted by Gasteiger charge is -2.09. The second kappa shape index (κ2) is 9.16. The molecular formula is C23H19N5O5S. The van der Waals surface area contributed by atoms with E-state index in [-0.39, 0.29) is 16.3 Å². The number of nitro groups is 1. The van der Waals surface area contributed by atoms with Crippen LogP contribution in [0.25, 0.3) is 5.69 Å². The maximum Gasteiger partial charge on any atom is 0.273 e. The number of para-hydroxylation sites is 1. The highest BCUT2D eigenvalue weighted by Crippen LogP contribution is 2.24. The average molecular weight is 478 g/mol. The first-order valence-electron chi connectivity index (χ1n) is 10.0. The Kier molecular flexibility index (Phi) is 6.11. The van der Waals surface area contributed by atoms with Crippen LogP contribution >= 0.6 is 0 Å². The summed E-state index contributed by atoms with van der Waals surface area (Å²) in [6, 6.07) is 20.5. The third-order valence-electron chi connectivity index (χ3n) is 4.94. The van der Waals surface area contributed by atoms with Gasteiger partial charge in [0, 0.05) is 35.1 Å². The van der Waals surface area contributed by atoms with Crippen molar-refractivity contribution in [1.29, 1.82) is 0 Å². The number of aryl methyl sites for hydroxylation is 1. The van der Waals surface area contributed by atoms with E-state index in [1.54, 1.807) is 16.9 Å². The molecule has 4 rings (SSSR count). The summed E-state index contributed by atoms with van der Waals surface area (Å²) in [7, 11) is -4.06. The highest BCUT2D eigenvalue weighted by Gasteiger charge is 2.20. The summed E-state index contributed by atoms with van der Waals surface area (Å²) < 4.78 is 29.3. The maximum absolute atomic E-state index is 12.6. The van der Waals surface area contributed by atoms with E-state index < -0.39 is 20.9 Å². The monoisotopic (exact) mass is 477 g/mol. The van der Waals surface area contributed by atoms with Crippen molar-refractivity contribution in [2.75, 3.05) is 10.0 Å². The molecule has 0 aliphatic heterocycles. The van der Waals surface area contributed by atoms with Gasteiger partial charge in [-0.05, 0) is 49.4 Å². The molecule has 0 aliphatic rings. The van der Waals surface area contributed by atoms with Gasteiger partial charge in [0.05, 0.1) is 15.5 Å². The Labute approximate surface area is 195 Å². The molecule has 10 nitrogen and oxygen atoms in total. The van der Waals surface area contributed by atoms with Crippen molar-refractivity contribution in [3.05, 3.63) is 106 Å². The molecule has 172 valence electrons. The second-order valence-electron chi connectivity index (χ2n) is 7.32. The molecule has 4 aromatic rings. The summed E-state index contributed by atoms with van der Waals surface area (Å²) in [6.45, 7) is 1.53. The van der Waals surface area contributed by atoms with Crippen molar-refractivity contribution >= 4 is 33.1 Å². The van der Waals surface area contributed by atoms with Gasteiger partial charge < -0.3 is 5.32 Å². The highest BCUT2D eigenvalue weighted by atomic mass is 32.2. The topological polar surface area (TPSA) is 136 Å². The van der Waals surface area contributed by atoms with Crippen LogP contribution in [0.1, 0.15) is 15.9 Å². The van der Waals surface area contributed by atoms with Crippen molar-refractivity contribution < 1.29 is 18.1 Å². The zero-order chi connectivity index (χ0) is 24.3. The van der Waals surface area contributed by atoms with Crippen LogP contribution in [-0.4, -0.2) is 29.0 Å². The second-order valence-corrected chi connectivity index (χ2v) is 9.01. The minimum absolute atomic E-state index is 0.202. The summed E-state index contributed by atoms with van der Waals surface area (Å²) >= 11 is 0. The van der Waals surface area contributed by atoms with E-state index in [4.69, 9.17) is 0 Å². The fourth-order valence-corrected chi connectivity index (χ4v) is 4.24. The number of rotatable bonds is 7. The van der Waals surface area contributed by atoms with Gasteiger partial charge in [0.15, 0.2) is 5.82 Å². The standard InChI is InChI=1S/C23H19N5O5S/c1-16-7-12-20(15-21(16)28(30)31)34(32,33)26-18-10-8-17(9-11-18)23(29)24-22-13-14-27(25-22)19-5-3-2-4-6-19/h2-15,26H,1H3,(H,24,25,29). The van der Waals surface area contributed by atoms with Crippen LogP contribution in [-0.2, 0) is 10.0 Å². The normalized spacial score (nSPS) is 11.1. The number of aromatic nitrogens is 2. The summed E-state index contributed by atoms with van der Waals surface area (Å²) in [6.07, 6.45) is 1.72. The Hall–Kier alpha value is -4.51. The first-order chi connectivity index (χ1) is 16.2. The van der Waals surface area contributed by atoms with Gasteiger partial charge in [-0.2, -0.15) is 5.10 Å². The van der Waals surface area contributed by atoms with Crippen LogP contribution < -0.4 is 10.0 Å². The summed E-state index contributed by atoms with van der Waals surface area (Å²) in [5.74, 6) is -0.0542. The van der Waals surface area contributed by atoms with Crippen molar-refractivity contribution in [2.45, 2.75) is 11.8 Å². The van der Waals surface area contributed by atoms with E-state index in [0.29, 0.717) is 16.9 Å². The quantitative estimate of drug-likeness (QED) is 0.303. The van der Waals surface area contributed by atoms with Crippen LogP contribution in [0, 0.1) is 17.0 Å². The van der Waals surface area contributed by atoms with Gasteiger partial charge in [-0.15, -0.1) is 0 Å². The Morgan fingerprint density at radius 2 is 1.71 bits per heavy atom. The van der Waals surface area contributed by atoms with E-state index in [2.05, 4.69) is 15.1 Å². The molecule has 2 N–H and O–H groups in total. The molecule has 0 saturated heterocycles. The third kappa shape index (κ3) is 4.94. The molecule has 1 heterocycles. The first kappa shape index (κ1) is 22.7. The lowest BCUT2D eigenvalue weighted by atomic mass is 10.2. The van der Waals surface area contributed by atoms with Crippen molar-refractivity contribution in [3.8, 4) is 5.69 Å². The predicted octanol–water partition coefficient (Wildman–Crippen LogP) is 4.14. The van der Waals surface area contributed by atoms with E-state index in [1.165, 1.54) is 43.3 Å². The third-order valence-corrected chi connectivity index (χ3v) is 6.32. The van der Waals surface area contributed by atoms with Crippen LogP contribution in [0.5, 0.6) is 0 Å². The summed E-state index contributed by atoms with van der Waals surface area (Å²) in [5, 5.41) is 18.1. The molecule has 0 saturated carbocycles. The number of carbonyl (C=O) groups excluding carboxylic acids is 1. The lowest BCUT2D eigenvalue weighted by molar-refractivity contribution is -0.385. The Morgan fingerprint density at radius 1 is 1.00 bits per heavy atom. The van der Waals surface area contributed by atoms with Crippen LogP contribution in [0.3, 0.4) is 0 Å². The van der Waals surface area contributed by atoms with E-state index in [0.717, 1.165) is 11.8 Å².